The average molecular weight is 343 g/mol. The van der Waals surface area contributed by atoms with Gasteiger partial charge in [0.05, 0.1) is 16.7 Å². The van der Waals surface area contributed by atoms with Gasteiger partial charge in [0.2, 0.25) is 6.79 Å². The van der Waals surface area contributed by atoms with Gasteiger partial charge in [-0.3, -0.25) is 0 Å². The van der Waals surface area contributed by atoms with E-state index < -0.39 is 6.10 Å². The maximum absolute atomic E-state index is 10.3. The first kappa shape index (κ1) is 14.2. The van der Waals surface area contributed by atoms with Crippen molar-refractivity contribution < 1.29 is 19.3 Å². The summed E-state index contributed by atoms with van der Waals surface area (Å²) in [6, 6.07) is 3.77. The zero-order valence-corrected chi connectivity index (χ0v) is 12.9. The molecule has 2 unspecified atom stereocenters. The van der Waals surface area contributed by atoms with Crippen LogP contribution < -0.4 is 9.47 Å². The van der Waals surface area contributed by atoms with Gasteiger partial charge in [0, 0.05) is 6.61 Å². The van der Waals surface area contributed by atoms with Crippen molar-refractivity contribution in [1.29, 1.82) is 0 Å². The predicted molar refractivity (Wildman–Crippen MR) is 78.0 cm³/mol. The fraction of sp³-hybridized carbons (Fsp3) is 0.600. The third-order valence-electron chi connectivity index (χ3n) is 3.86. The Bertz CT molecular complexity index is 471. The molecule has 0 amide bonds. The molecular formula is C15H19BrO4. The van der Waals surface area contributed by atoms with Crippen LogP contribution in [-0.4, -0.2) is 24.6 Å². The Labute approximate surface area is 127 Å². The van der Waals surface area contributed by atoms with Crippen LogP contribution in [-0.2, 0) is 4.74 Å². The van der Waals surface area contributed by atoms with Gasteiger partial charge in [-0.05, 0) is 65.7 Å². The van der Waals surface area contributed by atoms with Gasteiger partial charge >= 0.3 is 0 Å². The number of aliphatic hydroxyl groups excluding tert-OH is 1. The molecule has 1 fully saturated rings. The van der Waals surface area contributed by atoms with Crippen LogP contribution in [0.1, 0.15) is 43.8 Å². The number of rotatable bonds is 5. The molecule has 4 nitrogen and oxygen atoms in total. The maximum Gasteiger partial charge on any atom is 0.231 e. The van der Waals surface area contributed by atoms with Crippen molar-refractivity contribution in [3.05, 3.63) is 22.2 Å². The SMILES string of the molecule is OC(CCCC1CCCO1)c1cc(Br)c2c(c1)OCO2. The highest BCUT2D eigenvalue weighted by Crippen LogP contribution is 2.41. The van der Waals surface area contributed by atoms with Crippen molar-refractivity contribution in [2.45, 2.75) is 44.3 Å². The zero-order chi connectivity index (χ0) is 13.9. The first-order valence-corrected chi connectivity index (χ1v) is 7.92. The van der Waals surface area contributed by atoms with Crippen molar-refractivity contribution in [3.63, 3.8) is 0 Å². The Hall–Kier alpha value is -0.780. The maximum atomic E-state index is 10.3. The van der Waals surface area contributed by atoms with Crippen LogP contribution in [0, 0.1) is 0 Å². The largest absolute Gasteiger partial charge is 0.454 e. The number of fused-ring (bicyclic) bond motifs is 1. The number of aliphatic hydroxyl groups is 1. The molecule has 110 valence electrons. The van der Waals surface area contributed by atoms with E-state index in [-0.39, 0.29) is 6.79 Å². The second-order valence-corrected chi connectivity index (χ2v) is 6.17. The summed E-state index contributed by atoms with van der Waals surface area (Å²) in [5, 5.41) is 10.3. The topological polar surface area (TPSA) is 47.9 Å². The summed E-state index contributed by atoms with van der Waals surface area (Å²) in [4.78, 5) is 0. The van der Waals surface area contributed by atoms with Crippen LogP contribution in [0.5, 0.6) is 11.5 Å². The Morgan fingerprint density at radius 1 is 1.35 bits per heavy atom. The number of benzene rings is 1. The van der Waals surface area contributed by atoms with Gasteiger partial charge in [0.25, 0.3) is 0 Å². The Balaban J connectivity index is 1.56. The van der Waals surface area contributed by atoms with E-state index >= 15 is 0 Å². The van der Waals surface area contributed by atoms with Gasteiger partial charge in [0.1, 0.15) is 0 Å². The molecule has 0 saturated carbocycles. The minimum atomic E-state index is -0.470. The molecule has 0 radical (unpaired) electrons. The highest BCUT2D eigenvalue weighted by atomic mass is 79.9. The highest BCUT2D eigenvalue weighted by molar-refractivity contribution is 9.10. The summed E-state index contributed by atoms with van der Waals surface area (Å²) in [5.74, 6) is 1.42. The molecule has 1 aromatic carbocycles. The molecule has 3 rings (SSSR count). The zero-order valence-electron chi connectivity index (χ0n) is 11.3. The van der Waals surface area contributed by atoms with E-state index in [0.717, 1.165) is 48.1 Å². The van der Waals surface area contributed by atoms with Crippen molar-refractivity contribution in [2.24, 2.45) is 0 Å². The van der Waals surface area contributed by atoms with Crippen LogP contribution in [0.4, 0.5) is 0 Å². The smallest absolute Gasteiger partial charge is 0.231 e. The summed E-state index contributed by atoms with van der Waals surface area (Å²) in [6.07, 6.45) is 4.99. The first-order chi connectivity index (χ1) is 9.74. The van der Waals surface area contributed by atoms with E-state index in [1.807, 2.05) is 12.1 Å². The fourth-order valence-electron chi connectivity index (χ4n) is 2.76. The molecule has 2 aliphatic rings. The third kappa shape index (κ3) is 3.10. The molecular weight excluding hydrogens is 324 g/mol. The lowest BCUT2D eigenvalue weighted by Gasteiger charge is -2.14. The quantitative estimate of drug-likeness (QED) is 0.888. The standard InChI is InChI=1S/C15H19BrO4/c16-12-7-10(8-14-15(12)20-9-19-14)13(17)5-1-3-11-4-2-6-18-11/h7-8,11,13,17H,1-6,9H2. The van der Waals surface area contributed by atoms with E-state index in [2.05, 4.69) is 15.9 Å². The molecule has 0 aromatic heterocycles. The molecule has 2 heterocycles. The lowest BCUT2D eigenvalue weighted by molar-refractivity contribution is 0.0944. The lowest BCUT2D eigenvalue weighted by atomic mass is 10.0. The molecule has 2 aliphatic heterocycles. The number of halogens is 1. The predicted octanol–water partition coefficient (Wildman–Crippen LogP) is 3.56. The van der Waals surface area contributed by atoms with E-state index in [1.165, 1.54) is 6.42 Å². The Morgan fingerprint density at radius 2 is 2.25 bits per heavy atom. The fourth-order valence-corrected chi connectivity index (χ4v) is 3.33. The Kier molecular flexibility index (Phi) is 4.48. The van der Waals surface area contributed by atoms with Gasteiger partial charge < -0.3 is 19.3 Å². The van der Waals surface area contributed by atoms with E-state index in [0.29, 0.717) is 11.9 Å². The second-order valence-electron chi connectivity index (χ2n) is 5.32. The van der Waals surface area contributed by atoms with Crippen LogP contribution in [0.2, 0.25) is 0 Å². The number of hydrogen-bond acceptors (Lipinski definition) is 4. The van der Waals surface area contributed by atoms with E-state index in [9.17, 15) is 5.11 Å². The van der Waals surface area contributed by atoms with Crippen LogP contribution in [0.25, 0.3) is 0 Å². The molecule has 1 aromatic rings. The number of hydrogen-bond donors (Lipinski definition) is 1. The monoisotopic (exact) mass is 342 g/mol. The normalized spacial score (nSPS) is 22.2. The molecule has 5 heteroatoms. The molecule has 20 heavy (non-hydrogen) atoms. The molecule has 1 N–H and O–H groups in total. The Morgan fingerprint density at radius 3 is 3.05 bits per heavy atom. The van der Waals surface area contributed by atoms with Crippen molar-refractivity contribution >= 4 is 15.9 Å². The summed E-state index contributed by atoms with van der Waals surface area (Å²) >= 11 is 3.45. The summed E-state index contributed by atoms with van der Waals surface area (Å²) in [7, 11) is 0. The van der Waals surface area contributed by atoms with Gasteiger partial charge in [-0.15, -0.1) is 0 Å². The third-order valence-corrected chi connectivity index (χ3v) is 4.45. The van der Waals surface area contributed by atoms with Gasteiger partial charge in [-0.25, -0.2) is 0 Å². The molecule has 1 saturated heterocycles. The summed E-state index contributed by atoms with van der Waals surface area (Å²) in [5.41, 5.74) is 0.869. The minimum absolute atomic E-state index is 0.243. The van der Waals surface area contributed by atoms with Crippen molar-refractivity contribution in [2.75, 3.05) is 13.4 Å². The minimum Gasteiger partial charge on any atom is -0.454 e. The highest BCUT2D eigenvalue weighted by Gasteiger charge is 2.21. The first-order valence-electron chi connectivity index (χ1n) is 7.13. The van der Waals surface area contributed by atoms with Crippen LogP contribution >= 0.6 is 15.9 Å². The average Bonchev–Trinajstić information content (AvgIpc) is 3.08. The summed E-state index contributed by atoms with van der Waals surface area (Å²) in [6.45, 7) is 1.13. The second kappa shape index (κ2) is 6.33. The molecule has 2 atom stereocenters. The lowest BCUT2D eigenvalue weighted by Crippen LogP contribution is -2.06. The van der Waals surface area contributed by atoms with E-state index in [1.54, 1.807) is 0 Å². The van der Waals surface area contributed by atoms with Crippen LogP contribution in [0.3, 0.4) is 0 Å². The van der Waals surface area contributed by atoms with Crippen LogP contribution in [0.15, 0.2) is 16.6 Å². The van der Waals surface area contributed by atoms with Crippen molar-refractivity contribution in [3.8, 4) is 11.5 Å². The number of ether oxygens (including phenoxy) is 3. The van der Waals surface area contributed by atoms with Gasteiger partial charge in [0.15, 0.2) is 11.5 Å². The molecule has 0 bridgehead atoms. The van der Waals surface area contributed by atoms with Gasteiger partial charge in [-0.1, -0.05) is 0 Å². The molecule has 0 spiro atoms. The summed E-state index contributed by atoms with van der Waals surface area (Å²) < 4.78 is 17.1. The van der Waals surface area contributed by atoms with E-state index in [4.69, 9.17) is 14.2 Å². The molecule has 0 aliphatic carbocycles. The van der Waals surface area contributed by atoms with Crippen molar-refractivity contribution in [1.82, 2.24) is 0 Å². The van der Waals surface area contributed by atoms with Gasteiger partial charge in [-0.2, -0.15) is 0 Å².